The number of nitrogens with zero attached hydrogens (tertiary/aromatic N) is 2. The number of rotatable bonds is 2. The van der Waals surface area contributed by atoms with Gasteiger partial charge in [0.25, 0.3) is 0 Å². The van der Waals surface area contributed by atoms with Crippen molar-refractivity contribution in [3.8, 4) is 5.69 Å². The third-order valence-corrected chi connectivity index (χ3v) is 2.29. The SMILES string of the molecule is NCc1cc(F)cc(-n2ccc(N)n2)c1.O=C(O)C(F)(F)F. The minimum absolute atomic E-state index is 0.293. The van der Waals surface area contributed by atoms with Crippen molar-refractivity contribution in [1.29, 1.82) is 0 Å². The Balaban J connectivity index is 0.000000295. The molecule has 120 valence electrons. The smallest absolute Gasteiger partial charge is 0.475 e. The lowest BCUT2D eigenvalue weighted by Gasteiger charge is -2.04. The Bertz CT molecular complexity index is 655. The van der Waals surface area contributed by atoms with E-state index >= 15 is 0 Å². The summed E-state index contributed by atoms with van der Waals surface area (Å²) >= 11 is 0. The van der Waals surface area contributed by atoms with Crippen LogP contribution >= 0.6 is 0 Å². The van der Waals surface area contributed by atoms with E-state index in [0.29, 0.717) is 18.1 Å². The van der Waals surface area contributed by atoms with E-state index in [9.17, 15) is 17.6 Å². The van der Waals surface area contributed by atoms with Gasteiger partial charge in [-0.05, 0) is 23.8 Å². The van der Waals surface area contributed by atoms with Crippen molar-refractivity contribution in [2.75, 3.05) is 5.73 Å². The molecule has 0 fully saturated rings. The van der Waals surface area contributed by atoms with Crippen LogP contribution in [0.2, 0.25) is 0 Å². The summed E-state index contributed by atoms with van der Waals surface area (Å²) in [7, 11) is 0. The fraction of sp³-hybridized carbons (Fsp3) is 0.167. The number of hydrogen-bond acceptors (Lipinski definition) is 4. The van der Waals surface area contributed by atoms with E-state index in [1.54, 1.807) is 18.3 Å². The maximum atomic E-state index is 13.2. The van der Waals surface area contributed by atoms with E-state index in [1.165, 1.54) is 16.8 Å². The van der Waals surface area contributed by atoms with Crippen LogP contribution in [-0.2, 0) is 11.3 Å². The van der Waals surface area contributed by atoms with Gasteiger partial charge in [0.2, 0.25) is 0 Å². The third kappa shape index (κ3) is 5.05. The van der Waals surface area contributed by atoms with Gasteiger partial charge in [-0.15, -0.1) is 0 Å². The average Bonchev–Trinajstić information content (AvgIpc) is 2.84. The molecule has 22 heavy (non-hydrogen) atoms. The maximum absolute atomic E-state index is 13.2. The molecule has 0 bridgehead atoms. The van der Waals surface area contributed by atoms with Gasteiger partial charge in [-0.3, -0.25) is 0 Å². The number of carboxylic acids is 1. The van der Waals surface area contributed by atoms with Gasteiger partial charge in [-0.1, -0.05) is 0 Å². The summed E-state index contributed by atoms with van der Waals surface area (Å²) in [4.78, 5) is 8.90. The number of nitrogen functional groups attached to an aromatic ring is 1. The summed E-state index contributed by atoms with van der Waals surface area (Å²) in [5, 5.41) is 11.1. The van der Waals surface area contributed by atoms with Crippen LogP contribution in [-0.4, -0.2) is 27.0 Å². The number of alkyl halides is 3. The van der Waals surface area contributed by atoms with Crippen molar-refractivity contribution >= 4 is 11.8 Å². The Morgan fingerprint density at radius 1 is 1.32 bits per heavy atom. The highest BCUT2D eigenvalue weighted by molar-refractivity contribution is 5.73. The quantitative estimate of drug-likeness (QED) is 0.730. The molecule has 0 aliphatic rings. The topological polar surface area (TPSA) is 107 Å². The van der Waals surface area contributed by atoms with Gasteiger partial charge in [-0.2, -0.15) is 18.3 Å². The van der Waals surface area contributed by atoms with Crippen molar-refractivity contribution in [1.82, 2.24) is 9.78 Å². The Morgan fingerprint density at radius 2 is 1.91 bits per heavy atom. The molecule has 1 heterocycles. The number of aliphatic carboxylic acids is 1. The fourth-order valence-corrected chi connectivity index (χ4v) is 1.37. The van der Waals surface area contributed by atoms with Crippen LogP contribution in [0.25, 0.3) is 5.69 Å². The van der Waals surface area contributed by atoms with Gasteiger partial charge >= 0.3 is 12.1 Å². The van der Waals surface area contributed by atoms with Crippen molar-refractivity contribution in [3.63, 3.8) is 0 Å². The second-order valence-electron chi connectivity index (χ2n) is 4.01. The van der Waals surface area contributed by atoms with E-state index < -0.39 is 12.1 Å². The van der Waals surface area contributed by atoms with Crippen LogP contribution in [0.5, 0.6) is 0 Å². The number of hydrogen-bond donors (Lipinski definition) is 3. The highest BCUT2D eigenvalue weighted by Crippen LogP contribution is 2.14. The molecule has 1 aromatic heterocycles. The van der Waals surface area contributed by atoms with Gasteiger partial charge in [0.1, 0.15) is 11.6 Å². The second kappa shape index (κ2) is 6.89. The van der Waals surface area contributed by atoms with E-state index in [1.807, 2.05) is 0 Å². The summed E-state index contributed by atoms with van der Waals surface area (Å²) < 4.78 is 46.4. The van der Waals surface area contributed by atoms with Gasteiger partial charge in [0.05, 0.1) is 5.69 Å². The number of anilines is 1. The first-order chi connectivity index (χ1) is 10.1. The predicted molar refractivity (Wildman–Crippen MR) is 69.5 cm³/mol. The summed E-state index contributed by atoms with van der Waals surface area (Å²) in [5.74, 6) is -2.69. The zero-order valence-electron chi connectivity index (χ0n) is 11.0. The van der Waals surface area contributed by atoms with Crippen LogP contribution in [0.4, 0.5) is 23.4 Å². The number of nitrogens with two attached hydrogens (primary N) is 2. The summed E-state index contributed by atoms with van der Waals surface area (Å²) in [6.45, 7) is 0.293. The normalized spacial score (nSPS) is 10.8. The van der Waals surface area contributed by atoms with Crippen LogP contribution in [0.3, 0.4) is 0 Å². The minimum Gasteiger partial charge on any atom is -0.475 e. The van der Waals surface area contributed by atoms with Gasteiger partial charge in [0, 0.05) is 18.8 Å². The monoisotopic (exact) mass is 320 g/mol. The molecule has 1 aromatic carbocycles. The first kappa shape index (κ1) is 17.4. The molecule has 0 amide bonds. The standard InChI is InChI=1S/C10H11FN4.C2HF3O2/c11-8-3-7(6-12)4-9(5-8)15-2-1-10(13)14-15;3-2(4,5)1(6)7/h1-5H,6,12H2,(H2,13,14);(H,6,7). The molecule has 2 rings (SSSR count). The molecule has 0 spiro atoms. The van der Waals surface area contributed by atoms with Crippen molar-refractivity contribution in [3.05, 3.63) is 41.8 Å². The Labute approximate surface area is 121 Å². The number of aromatic nitrogens is 2. The predicted octanol–water partition coefficient (Wildman–Crippen LogP) is 1.69. The zero-order valence-corrected chi connectivity index (χ0v) is 11.0. The molecular formula is C12H12F4N4O2. The van der Waals surface area contributed by atoms with Crippen molar-refractivity contribution < 1.29 is 27.5 Å². The lowest BCUT2D eigenvalue weighted by molar-refractivity contribution is -0.192. The molecule has 0 atom stereocenters. The Hall–Kier alpha value is -2.62. The van der Waals surface area contributed by atoms with E-state index in [2.05, 4.69) is 5.10 Å². The molecule has 0 aliphatic carbocycles. The fourth-order valence-electron chi connectivity index (χ4n) is 1.37. The Kier molecular flexibility index (Phi) is 5.46. The van der Waals surface area contributed by atoms with E-state index in [0.717, 1.165) is 5.56 Å². The number of carboxylic acid groups (broad SMARTS) is 1. The average molecular weight is 320 g/mol. The first-order valence-corrected chi connectivity index (χ1v) is 5.74. The molecule has 0 saturated heterocycles. The molecule has 0 unspecified atom stereocenters. The lowest BCUT2D eigenvalue weighted by atomic mass is 10.2. The summed E-state index contributed by atoms with van der Waals surface area (Å²) in [6.07, 6.45) is -3.41. The van der Waals surface area contributed by atoms with E-state index in [4.69, 9.17) is 21.4 Å². The summed E-state index contributed by atoms with van der Waals surface area (Å²) in [6, 6.07) is 6.20. The number of halogens is 4. The molecule has 5 N–H and O–H groups in total. The van der Waals surface area contributed by atoms with Crippen LogP contribution in [0, 0.1) is 5.82 Å². The highest BCUT2D eigenvalue weighted by Gasteiger charge is 2.38. The summed E-state index contributed by atoms with van der Waals surface area (Å²) in [5.41, 5.74) is 12.3. The number of benzene rings is 1. The number of carbonyl (C=O) groups is 1. The lowest BCUT2D eigenvalue weighted by Crippen LogP contribution is -2.21. The van der Waals surface area contributed by atoms with Gasteiger partial charge < -0.3 is 16.6 Å². The van der Waals surface area contributed by atoms with Crippen molar-refractivity contribution in [2.45, 2.75) is 12.7 Å². The van der Waals surface area contributed by atoms with E-state index in [-0.39, 0.29) is 5.82 Å². The van der Waals surface area contributed by atoms with Crippen LogP contribution in [0.1, 0.15) is 5.56 Å². The zero-order chi connectivity index (χ0) is 16.9. The third-order valence-electron chi connectivity index (χ3n) is 2.29. The van der Waals surface area contributed by atoms with Crippen LogP contribution in [0.15, 0.2) is 30.5 Å². The second-order valence-corrected chi connectivity index (χ2v) is 4.01. The molecule has 0 aliphatic heterocycles. The molecule has 0 radical (unpaired) electrons. The molecule has 6 nitrogen and oxygen atoms in total. The van der Waals surface area contributed by atoms with Crippen molar-refractivity contribution in [2.24, 2.45) is 5.73 Å². The first-order valence-electron chi connectivity index (χ1n) is 5.74. The highest BCUT2D eigenvalue weighted by atomic mass is 19.4. The van der Waals surface area contributed by atoms with Gasteiger partial charge in [-0.25, -0.2) is 13.9 Å². The minimum atomic E-state index is -5.08. The maximum Gasteiger partial charge on any atom is 0.490 e. The Morgan fingerprint density at radius 3 is 2.32 bits per heavy atom. The van der Waals surface area contributed by atoms with Crippen LogP contribution < -0.4 is 11.5 Å². The largest absolute Gasteiger partial charge is 0.490 e. The van der Waals surface area contributed by atoms with Gasteiger partial charge in [0.15, 0.2) is 0 Å². The molecule has 2 aromatic rings. The molecule has 10 heteroatoms. The molecular weight excluding hydrogens is 308 g/mol. The molecule has 0 saturated carbocycles.